The van der Waals surface area contributed by atoms with E-state index in [2.05, 4.69) is 5.32 Å². The van der Waals surface area contributed by atoms with Crippen LogP contribution in [0.4, 0.5) is 5.69 Å². The number of nitrogens with one attached hydrogen (secondary N) is 1. The number of esters is 1. The molecule has 6 heteroatoms. The van der Waals surface area contributed by atoms with Crippen LogP contribution in [0.5, 0.6) is 0 Å². The normalized spacial score (nSPS) is 10.6. The molecule has 0 atom stereocenters. The molecule has 1 N–H and O–H groups in total. The summed E-state index contributed by atoms with van der Waals surface area (Å²) in [6.07, 6.45) is 5.35. The van der Waals surface area contributed by atoms with Crippen molar-refractivity contribution in [2.24, 2.45) is 0 Å². The van der Waals surface area contributed by atoms with Crippen LogP contribution in [0, 0.1) is 0 Å². The van der Waals surface area contributed by atoms with Gasteiger partial charge in [-0.3, -0.25) is 9.59 Å². The maximum Gasteiger partial charge on any atom is 0.331 e. The van der Waals surface area contributed by atoms with Crippen LogP contribution in [0.15, 0.2) is 53.2 Å². The van der Waals surface area contributed by atoms with Gasteiger partial charge in [0.1, 0.15) is 5.76 Å². The zero-order chi connectivity index (χ0) is 18.1. The third-order valence-electron chi connectivity index (χ3n) is 3.24. The smallest absolute Gasteiger partial charge is 0.331 e. The topological polar surface area (TPSA) is 85.6 Å². The van der Waals surface area contributed by atoms with Crippen LogP contribution in [-0.4, -0.2) is 24.3 Å². The Bertz CT molecular complexity index is 745. The van der Waals surface area contributed by atoms with Crippen molar-refractivity contribution in [1.29, 1.82) is 0 Å². The predicted molar refractivity (Wildman–Crippen MR) is 93.0 cm³/mol. The molecule has 25 heavy (non-hydrogen) atoms. The van der Waals surface area contributed by atoms with Gasteiger partial charge in [0.05, 0.1) is 6.26 Å². The second kappa shape index (κ2) is 9.22. The molecule has 0 spiro atoms. The van der Waals surface area contributed by atoms with Gasteiger partial charge in [-0.2, -0.15) is 0 Å². The highest BCUT2D eigenvalue weighted by atomic mass is 16.5. The summed E-state index contributed by atoms with van der Waals surface area (Å²) in [7, 11) is 0. The summed E-state index contributed by atoms with van der Waals surface area (Å²) in [5.74, 6) is -0.512. The number of Topliss-reactive ketones (excluding diaryl/α,β-unsaturated/α-hetero) is 1. The average molecular weight is 341 g/mol. The van der Waals surface area contributed by atoms with E-state index >= 15 is 0 Å². The van der Waals surface area contributed by atoms with E-state index in [0.717, 1.165) is 6.42 Å². The number of rotatable bonds is 8. The first kappa shape index (κ1) is 18.2. The Morgan fingerprint density at radius 1 is 1.16 bits per heavy atom. The number of amides is 1. The van der Waals surface area contributed by atoms with Gasteiger partial charge >= 0.3 is 5.97 Å². The minimum absolute atomic E-state index is 0.0705. The molecule has 1 heterocycles. The van der Waals surface area contributed by atoms with E-state index in [-0.39, 0.29) is 18.3 Å². The number of carbonyl (C=O) groups excluding carboxylic acids is 3. The Hall–Kier alpha value is -3.15. The summed E-state index contributed by atoms with van der Waals surface area (Å²) in [5.41, 5.74) is 1.02. The van der Waals surface area contributed by atoms with E-state index in [0.29, 0.717) is 23.4 Å². The number of anilines is 1. The van der Waals surface area contributed by atoms with E-state index in [4.69, 9.17) is 9.15 Å². The Kier molecular flexibility index (Phi) is 6.71. The third kappa shape index (κ3) is 6.10. The maximum absolute atomic E-state index is 12.0. The van der Waals surface area contributed by atoms with Crippen molar-refractivity contribution >= 4 is 29.4 Å². The Balaban J connectivity index is 1.82. The van der Waals surface area contributed by atoms with Gasteiger partial charge in [-0.1, -0.05) is 6.92 Å². The highest BCUT2D eigenvalue weighted by Gasteiger charge is 2.09. The molecule has 0 fully saturated rings. The van der Waals surface area contributed by atoms with Crippen LogP contribution >= 0.6 is 0 Å². The van der Waals surface area contributed by atoms with Gasteiger partial charge in [0.15, 0.2) is 12.4 Å². The first-order valence-electron chi connectivity index (χ1n) is 7.90. The lowest BCUT2D eigenvalue weighted by Crippen LogP contribution is -2.13. The van der Waals surface area contributed by atoms with Crippen LogP contribution in [0.3, 0.4) is 0 Å². The largest absolute Gasteiger partial charge is 0.465 e. The summed E-state index contributed by atoms with van der Waals surface area (Å²) in [4.78, 5) is 35.1. The monoisotopic (exact) mass is 341 g/mol. The van der Waals surface area contributed by atoms with Gasteiger partial charge < -0.3 is 14.5 Å². The number of ether oxygens (including phenoxy) is 1. The van der Waals surface area contributed by atoms with Crippen molar-refractivity contribution in [2.75, 3.05) is 11.9 Å². The van der Waals surface area contributed by atoms with Crippen LogP contribution in [0.1, 0.15) is 35.9 Å². The molecule has 2 aromatic rings. The Morgan fingerprint density at radius 3 is 2.56 bits per heavy atom. The number of carbonyl (C=O) groups is 3. The summed E-state index contributed by atoms with van der Waals surface area (Å²) < 4.78 is 9.94. The minimum atomic E-state index is -0.631. The highest BCUT2D eigenvalue weighted by molar-refractivity contribution is 5.99. The lowest BCUT2D eigenvalue weighted by atomic mass is 10.1. The Morgan fingerprint density at radius 2 is 1.92 bits per heavy atom. The van der Waals surface area contributed by atoms with Gasteiger partial charge in [-0.25, -0.2) is 4.79 Å². The van der Waals surface area contributed by atoms with E-state index in [1.54, 1.807) is 36.4 Å². The molecule has 1 aromatic heterocycles. The molecule has 1 aromatic carbocycles. The third-order valence-corrected chi connectivity index (χ3v) is 3.24. The van der Waals surface area contributed by atoms with Gasteiger partial charge in [-0.15, -0.1) is 0 Å². The van der Waals surface area contributed by atoms with Crippen molar-refractivity contribution in [3.63, 3.8) is 0 Å². The quantitative estimate of drug-likeness (QED) is 0.451. The fourth-order valence-electron chi connectivity index (χ4n) is 1.99. The van der Waals surface area contributed by atoms with Gasteiger partial charge in [-0.05, 0) is 48.9 Å². The molecular weight excluding hydrogens is 322 g/mol. The van der Waals surface area contributed by atoms with Gasteiger partial charge in [0.25, 0.3) is 0 Å². The molecule has 0 saturated carbocycles. The molecule has 0 unspecified atom stereocenters. The Labute approximate surface area is 145 Å². The molecule has 0 aliphatic heterocycles. The van der Waals surface area contributed by atoms with E-state index in [9.17, 15) is 14.4 Å². The maximum atomic E-state index is 12.0. The predicted octanol–water partition coefficient (Wildman–Crippen LogP) is 3.46. The molecule has 0 aliphatic rings. The molecule has 0 radical (unpaired) electrons. The molecule has 130 valence electrons. The lowest BCUT2D eigenvalue weighted by molar-refractivity contribution is -0.136. The van der Waals surface area contributed by atoms with Crippen molar-refractivity contribution in [3.8, 4) is 0 Å². The standard InChI is InChI=1S/C19H19NO5/c1-2-4-18(22)20-15-8-6-14(7-9-15)17(21)13-25-19(23)11-10-16-5-3-12-24-16/h3,5-12H,2,4,13H2,1H3,(H,20,22)/b11-10+. The molecule has 6 nitrogen and oxygen atoms in total. The molecule has 1 amide bonds. The fraction of sp³-hybridized carbons (Fsp3) is 0.211. The SMILES string of the molecule is CCCC(=O)Nc1ccc(C(=O)COC(=O)/C=C/c2ccco2)cc1. The van der Waals surface area contributed by atoms with Crippen LogP contribution < -0.4 is 5.32 Å². The zero-order valence-electron chi connectivity index (χ0n) is 13.9. The summed E-state index contributed by atoms with van der Waals surface area (Å²) in [6.45, 7) is 1.56. The van der Waals surface area contributed by atoms with Crippen molar-refractivity contribution in [2.45, 2.75) is 19.8 Å². The lowest BCUT2D eigenvalue weighted by Gasteiger charge is -2.06. The average Bonchev–Trinajstić information content (AvgIpc) is 3.12. The molecule has 2 rings (SSSR count). The highest BCUT2D eigenvalue weighted by Crippen LogP contribution is 2.11. The number of hydrogen-bond acceptors (Lipinski definition) is 5. The number of ketones is 1. The molecule has 0 aliphatic carbocycles. The van der Waals surface area contributed by atoms with E-state index in [1.165, 1.54) is 18.4 Å². The van der Waals surface area contributed by atoms with Crippen molar-refractivity contribution in [1.82, 2.24) is 0 Å². The second-order valence-corrected chi connectivity index (χ2v) is 5.26. The number of hydrogen-bond donors (Lipinski definition) is 1. The number of benzene rings is 1. The minimum Gasteiger partial charge on any atom is -0.465 e. The molecular formula is C19H19NO5. The van der Waals surface area contributed by atoms with Crippen LogP contribution in [-0.2, 0) is 14.3 Å². The summed E-state index contributed by atoms with van der Waals surface area (Å²) in [6, 6.07) is 9.82. The summed E-state index contributed by atoms with van der Waals surface area (Å²) in [5, 5.41) is 2.74. The van der Waals surface area contributed by atoms with Gasteiger partial charge in [0.2, 0.25) is 5.91 Å². The van der Waals surface area contributed by atoms with Crippen LogP contribution in [0.2, 0.25) is 0 Å². The summed E-state index contributed by atoms with van der Waals surface area (Å²) >= 11 is 0. The second-order valence-electron chi connectivity index (χ2n) is 5.26. The van der Waals surface area contributed by atoms with Crippen molar-refractivity contribution in [3.05, 3.63) is 60.1 Å². The van der Waals surface area contributed by atoms with E-state index < -0.39 is 5.97 Å². The number of furan rings is 1. The zero-order valence-corrected chi connectivity index (χ0v) is 13.9. The van der Waals surface area contributed by atoms with E-state index in [1.807, 2.05) is 6.92 Å². The fourth-order valence-corrected chi connectivity index (χ4v) is 1.99. The van der Waals surface area contributed by atoms with Crippen molar-refractivity contribution < 1.29 is 23.5 Å². The van der Waals surface area contributed by atoms with Crippen LogP contribution in [0.25, 0.3) is 6.08 Å². The van der Waals surface area contributed by atoms with Gasteiger partial charge in [0, 0.05) is 23.7 Å². The molecule has 0 saturated heterocycles. The first-order chi connectivity index (χ1) is 12.1. The first-order valence-corrected chi connectivity index (χ1v) is 7.90. The molecule has 0 bridgehead atoms.